The fourth-order valence-electron chi connectivity index (χ4n) is 2.61. The number of amides is 1. The number of anilines is 1. The summed E-state index contributed by atoms with van der Waals surface area (Å²) in [4.78, 5) is 27.9. The van der Waals surface area contributed by atoms with Crippen LogP contribution in [0.15, 0.2) is 65.7 Å². The molecule has 0 unspecified atom stereocenters. The van der Waals surface area contributed by atoms with Crippen LogP contribution in [0.4, 0.5) is 5.69 Å². The zero-order valence-corrected chi connectivity index (χ0v) is 17.2. The second-order valence-corrected chi connectivity index (χ2v) is 7.66. The van der Waals surface area contributed by atoms with Gasteiger partial charge in [0.05, 0.1) is 27.5 Å². The maximum Gasteiger partial charge on any atom is 0.335 e. The van der Waals surface area contributed by atoms with Crippen LogP contribution in [0, 0.1) is 11.3 Å². The summed E-state index contributed by atoms with van der Waals surface area (Å²) < 4.78 is 0. The van der Waals surface area contributed by atoms with Gasteiger partial charge in [0.1, 0.15) is 11.1 Å². The lowest BCUT2D eigenvalue weighted by molar-refractivity contribution is -0.115. The topological polar surface area (TPSA) is 103 Å². The Bertz CT molecular complexity index is 1130. The first kappa shape index (κ1) is 21.4. The zero-order chi connectivity index (χ0) is 21.5. The first-order valence-corrected chi connectivity index (χ1v) is 10.3. The van der Waals surface area contributed by atoms with Crippen LogP contribution < -0.4 is 5.32 Å². The smallest absolute Gasteiger partial charge is 0.335 e. The van der Waals surface area contributed by atoms with Crippen molar-refractivity contribution in [1.82, 2.24) is 4.98 Å². The lowest BCUT2D eigenvalue weighted by atomic mass is 10.1. The maximum atomic E-state index is 12.3. The van der Waals surface area contributed by atoms with Crippen molar-refractivity contribution in [1.29, 1.82) is 5.26 Å². The number of carboxylic acid groups (broad SMARTS) is 1. The summed E-state index contributed by atoms with van der Waals surface area (Å²) in [5.74, 6) is -1.03. The van der Waals surface area contributed by atoms with E-state index in [1.165, 1.54) is 30.0 Å². The number of hydrogen-bond donors (Lipinski definition) is 2. The number of aromatic nitrogens is 1. The number of nitrogens with zero attached hydrogens (tertiary/aromatic N) is 2. The average molecular weight is 438 g/mol. The molecule has 0 saturated heterocycles. The van der Waals surface area contributed by atoms with Crippen LogP contribution in [0.1, 0.15) is 22.3 Å². The number of rotatable bonds is 7. The van der Waals surface area contributed by atoms with Crippen LogP contribution in [0.25, 0.3) is 11.3 Å². The van der Waals surface area contributed by atoms with Crippen molar-refractivity contribution in [3.8, 4) is 17.3 Å². The van der Waals surface area contributed by atoms with Gasteiger partial charge in [0, 0.05) is 17.7 Å². The van der Waals surface area contributed by atoms with Gasteiger partial charge in [-0.05, 0) is 30.3 Å². The van der Waals surface area contributed by atoms with Gasteiger partial charge < -0.3 is 10.4 Å². The predicted molar refractivity (Wildman–Crippen MR) is 117 cm³/mol. The van der Waals surface area contributed by atoms with Gasteiger partial charge in [-0.25, -0.2) is 9.78 Å². The monoisotopic (exact) mass is 437 g/mol. The van der Waals surface area contributed by atoms with E-state index in [9.17, 15) is 14.9 Å². The van der Waals surface area contributed by atoms with Crippen molar-refractivity contribution in [2.45, 2.75) is 11.4 Å². The van der Waals surface area contributed by atoms with E-state index in [2.05, 4.69) is 16.4 Å². The minimum absolute atomic E-state index is 0.0321. The van der Waals surface area contributed by atoms with E-state index in [-0.39, 0.29) is 28.6 Å². The predicted octanol–water partition coefficient (Wildman–Crippen LogP) is 5.09. The van der Waals surface area contributed by atoms with Crippen molar-refractivity contribution in [3.63, 3.8) is 0 Å². The van der Waals surface area contributed by atoms with Crippen LogP contribution in [0.5, 0.6) is 0 Å². The van der Waals surface area contributed by atoms with Crippen molar-refractivity contribution >= 4 is 40.9 Å². The summed E-state index contributed by atoms with van der Waals surface area (Å²) in [5.41, 5.74) is 2.41. The van der Waals surface area contributed by atoms with Gasteiger partial charge in [-0.15, -0.1) is 11.8 Å². The molecule has 0 atom stereocenters. The molecule has 0 fully saturated rings. The third-order valence-corrected chi connectivity index (χ3v) is 5.43. The maximum absolute atomic E-state index is 12.3. The molecule has 3 aromatic rings. The number of aromatic carboxylic acids is 1. The summed E-state index contributed by atoms with van der Waals surface area (Å²) in [7, 11) is 0. The van der Waals surface area contributed by atoms with E-state index >= 15 is 0 Å². The Morgan fingerprint density at radius 2 is 1.90 bits per heavy atom. The van der Waals surface area contributed by atoms with E-state index in [1.54, 1.807) is 12.1 Å². The lowest BCUT2D eigenvalue weighted by Gasteiger charge is -2.09. The van der Waals surface area contributed by atoms with Gasteiger partial charge in [-0.2, -0.15) is 5.26 Å². The molecule has 0 saturated carbocycles. The molecule has 6 nitrogen and oxygen atoms in total. The highest BCUT2D eigenvalue weighted by Crippen LogP contribution is 2.27. The highest BCUT2D eigenvalue weighted by atomic mass is 35.5. The summed E-state index contributed by atoms with van der Waals surface area (Å²) >= 11 is 7.34. The largest absolute Gasteiger partial charge is 0.478 e. The molecule has 1 aromatic heterocycles. The Kier molecular flexibility index (Phi) is 7.07. The molecule has 0 spiro atoms. The molecular formula is C22H16ClN3O3S. The molecule has 0 aliphatic carbocycles. The third kappa shape index (κ3) is 5.38. The SMILES string of the molecule is N#Cc1ccc(-c2ccccc2)nc1SCCC(=O)Nc1cc(C(=O)O)ccc1Cl. The molecule has 150 valence electrons. The third-order valence-electron chi connectivity index (χ3n) is 4.11. The summed E-state index contributed by atoms with van der Waals surface area (Å²) in [6.07, 6.45) is 0.139. The highest BCUT2D eigenvalue weighted by molar-refractivity contribution is 7.99. The second kappa shape index (κ2) is 9.92. The number of hydrogen-bond acceptors (Lipinski definition) is 5. The molecule has 30 heavy (non-hydrogen) atoms. The van der Waals surface area contributed by atoms with Gasteiger partial charge in [-0.1, -0.05) is 41.9 Å². The first-order valence-electron chi connectivity index (χ1n) is 8.90. The number of pyridine rings is 1. The number of carbonyl (C=O) groups is 2. The molecule has 0 radical (unpaired) electrons. The van der Waals surface area contributed by atoms with Crippen molar-refractivity contribution in [2.24, 2.45) is 0 Å². The molecule has 3 rings (SSSR count). The quantitative estimate of drug-likeness (QED) is 0.499. The molecule has 2 N–H and O–H groups in total. The summed E-state index contributed by atoms with van der Waals surface area (Å²) in [5, 5.41) is 21.8. The Morgan fingerprint density at radius 1 is 1.13 bits per heavy atom. The van der Waals surface area contributed by atoms with E-state index in [1.807, 2.05) is 30.3 Å². The van der Waals surface area contributed by atoms with Crippen LogP contribution in [0.2, 0.25) is 5.02 Å². The number of benzene rings is 2. The molecule has 1 amide bonds. The fourth-order valence-corrected chi connectivity index (χ4v) is 3.69. The van der Waals surface area contributed by atoms with E-state index in [4.69, 9.17) is 16.7 Å². The van der Waals surface area contributed by atoms with Crippen molar-refractivity contribution in [2.75, 3.05) is 11.1 Å². The Balaban J connectivity index is 1.65. The molecule has 0 aliphatic rings. The lowest BCUT2D eigenvalue weighted by Crippen LogP contribution is -2.13. The van der Waals surface area contributed by atoms with Crippen LogP contribution in [-0.2, 0) is 4.79 Å². The minimum Gasteiger partial charge on any atom is -0.478 e. The Hall–Kier alpha value is -3.34. The van der Waals surface area contributed by atoms with Crippen molar-refractivity contribution in [3.05, 3.63) is 76.8 Å². The fraction of sp³-hybridized carbons (Fsp3) is 0.0909. The van der Waals surface area contributed by atoms with Gasteiger partial charge in [0.25, 0.3) is 0 Å². The average Bonchev–Trinajstić information content (AvgIpc) is 2.75. The number of nitrogens with one attached hydrogen (secondary N) is 1. The van der Waals surface area contributed by atoms with E-state index < -0.39 is 5.97 Å². The molecule has 8 heteroatoms. The molecule has 0 aliphatic heterocycles. The molecule has 0 bridgehead atoms. The number of carboxylic acids is 1. The first-order chi connectivity index (χ1) is 14.5. The normalized spacial score (nSPS) is 10.3. The van der Waals surface area contributed by atoms with Crippen LogP contribution in [0.3, 0.4) is 0 Å². The van der Waals surface area contributed by atoms with Gasteiger partial charge in [-0.3, -0.25) is 4.79 Å². The summed E-state index contributed by atoms with van der Waals surface area (Å²) in [6, 6.07) is 19.3. The Morgan fingerprint density at radius 3 is 2.60 bits per heavy atom. The van der Waals surface area contributed by atoms with Gasteiger partial charge in [0.2, 0.25) is 5.91 Å². The molecule has 1 heterocycles. The Labute approximate surface area is 182 Å². The standard InChI is InChI=1S/C22H16ClN3O3S/c23-17-8-6-15(22(28)29)12-19(17)25-20(27)10-11-30-21-16(13-24)7-9-18(26-21)14-4-2-1-3-5-14/h1-9,12H,10-11H2,(H,25,27)(H,28,29). The van der Waals surface area contributed by atoms with E-state index in [0.717, 1.165) is 11.3 Å². The highest BCUT2D eigenvalue weighted by Gasteiger charge is 2.12. The van der Waals surface area contributed by atoms with Crippen molar-refractivity contribution < 1.29 is 14.7 Å². The van der Waals surface area contributed by atoms with Gasteiger partial charge in [0.15, 0.2) is 0 Å². The molecule has 2 aromatic carbocycles. The number of thioether (sulfide) groups is 1. The second-order valence-electron chi connectivity index (χ2n) is 6.17. The number of carbonyl (C=O) groups excluding carboxylic acids is 1. The molecular weight excluding hydrogens is 422 g/mol. The summed E-state index contributed by atoms with van der Waals surface area (Å²) in [6.45, 7) is 0. The van der Waals surface area contributed by atoms with Crippen LogP contribution in [-0.4, -0.2) is 27.7 Å². The number of halogens is 1. The zero-order valence-electron chi connectivity index (χ0n) is 15.6. The van der Waals surface area contributed by atoms with E-state index in [0.29, 0.717) is 16.3 Å². The number of nitriles is 1. The van der Waals surface area contributed by atoms with Crippen LogP contribution >= 0.6 is 23.4 Å². The van der Waals surface area contributed by atoms with Gasteiger partial charge >= 0.3 is 5.97 Å². The minimum atomic E-state index is -1.11.